The summed E-state index contributed by atoms with van der Waals surface area (Å²) in [6, 6.07) is 5.06. The van der Waals surface area contributed by atoms with E-state index in [0.717, 1.165) is 12.1 Å². The molecule has 0 spiro atoms. The monoisotopic (exact) mass is 266 g/mol. The van der Waals surface area contributed by atoms with E-state index in [4.69, 9.17) is 0 Å². The summed E-state index contributed by atoms with van der Waals surface area (Å²) < 4.78 is 75.0. The minimum absolute atomic E-state index is 0.238. The van der Waals surface area contributed by atoms with Gasteiger partial charge in [0.05, 0.1) is 11.0 Å². The molecule has 8 heteroatoms. The fourth-order valence-corrected chi connectivity index (χ4v) is 1.40. The van der Waals surface area contributed by atoms with Crippen LogP contribution in [0, 0.1) is 0 Å². The van der Waals surface area contributed by atoms with Crippen molar-refractivity contribution in [2.75, 3.05) is 0 Å². The Labute approximate surface area is 96.3 Å². The molecule has 2 aromatic rings. The molecule has 18 heavy (non-hydrogen) atoms. The van der Waals surface area contributed by atoms with Crippen molar-refractivity contribution in [3.63, 3.8) is 0 Å². The maximum Gasteiger partial charge on any atom is 0.435 e. The van der Waals surface area contributed by atoms with Gasteiger partial charge in [0, 0.05) is 0 Å². The first-order chi connectivity index (χ1) is 8.19. The van der Waals surface area contributed by atoms with E-state index in [2.05, 4.69) is 9.97 Å². The number of hydrogen-bond donors (Lipinski definition) is 0. The minimum atomic E-state index is -5.21. The SMILES string of the molecule is FC(F)(F)c1nc2ccccc2nc1C(F)(F)F. The topological polar surface area (TPSA) is 25.8 Å². The molecule has 0 atom stereocenters. The first-order valence-electron chi connectivity index (χ1n) is 4.61. The van der Waals surface area contributed by atoms with E-state index in [0.29, 0.717) is 0 Å². The van der Waals surface area contributed by atoms with E-state index in [1.165, 1.54) is 12.1 Å². The van der Waals surface area contributed by atoms with Crippen LogP contribution in [0.3, 0.4) is 0 Å². The summed E-state index contributed by atoms with van der Waals surface area (Å²) in [7, 11) is 0. The summed E-state index contributed by atoms with van der Waals surface area (Å²) >= 11 is 0. The predicted octanol–water partition coefficient (Wildman–Crippen LogP) is 3.67. The lowest BCUT2D eigenvalue weighted by Crippen LogP contribution is -2.20. The van der Waals surface area contributed by atoms with E-state index >= 15 is 0 Å². The van der Waals surface area contributed by atoms with Gasteiger partial charge in [-0.05, 0) is 12.1 Å². The van der Waals surface area contributed by atoms with Crippen LogP contribution in [0.2, 0.25) is 0 Å². The number of aromatic nitrogens is 2. The molecular formula is C10H4F6N2. The zero-order chi connectivity index (χ0) is 13.6. The molecule has 0 aliphatic rings. The molecule has 0 unspecified atom stereocenters. The Balaban J connectivity index is 2.81. The summed E-state index contributed by atoms with van der Waals surface area (Å²) in [4.78, 5) is 6.01. The molecule has 1 heterocycles. The van der Waals surface area contributed by atoms with Gasteiger partial charge >= 0.3 is 12.4 Å². The molecule has 0 bridgehead atoms. The van der Waals surface area contributed by atoms with Gasteiger partial charge < -0.3 is 0 Å². The van der Waals surface area contributed by atoms with Gasteiger partial charge in [-0.3, -0.25) is 0 Å². The van der Waals surface area contributed by atoms with E-state index in [9.17, 15) is 26.3 Å². The fourth-order valence-electron chi connectivity index (χ4n) is 1.40. The number of benzene rings is 1. The molecule has 2 nitrogen and oxygen atoms in total. The number of rotatable bonds is 0. The largest absolute Gasteiger partial charge is 0.435 e. The summed E-state index contributed by atoms with van der Waals surface area (Å²) in [5.74, 6) is 0. The van der Waals surface area contributed by atoms with E-state index in [-0.39, 0.29) is 11.0 Å². The molecule has 0 saturated heterocycles. The third kappa shape index (κ3) is 2.22. The van der Waals surface area contributed by atoms with Crippen LogP contribution in [0.25, 0.3) is 11.0 Å². The summed E-state index contributed by atoms with van der Waals surface area (Å²) in [6.45, 7) is 0. The van der Waals surface area contributed by atoms with Crippen LogP contribution in [0.5, 0.6) is 0 Å². The second kappa shape index (κ2) is 3.82. The normalized spacial score (nSPS) is 13.0. The lowest BCUT2D eigenvalue weighted by Gasteiger charge is -2.14. The van der Waals surface area contributed by atoms with Crippen molar-refractivity contribution >= 4 is 11.0 Å². The van der Waals surface area contributed by atoms with Crippen molar-refractivity contribution in [2.45, 2.75) is 12.4 Å². The molecule has 1 aromatic carbocycles. The van der Waals surface area contributed by atoms with Gasteiger partial charge in [-0.2, -0.15) is 26.3 Å². The predicted molar refractivity (Wildman–Crippen MR) is 49.5 cm³/mol. The van der Waals surface area contributed by atoms with E-state index in [1.807, 2.05) is 0 Å². The molecule has 2 rings (SSSR count). The van der Waals surface area contributed by atoms with Crippen molar-refractivity contribution in [2.24, 2.45) is 0 Å². The van der Waals surface area contributed by atoms with Crippen molar-refractivity contribution < 1.29 is 26.3 Å². The summed E-state index contributed by atoms with van der Waals surface area (Å²) in [5, 5.41) is 0. The number of nitrogens with zero attached hydrogens (tertiary/aromatic N) is 2. The molecular weight excluding hydrogens is 262 g/mol. The second-order valence-corrected chi connectivity index (χ2v) is 3.41. The van der Waals surface area contributed by atoms with Crippen molar-refractivity contribution in [1.82, 2.24) is 9.97 Å². The lowest BCUT2D eigenvalue weighted by molar-refractivity contribution is -0.167. The van der Waals surface area contributed by atoms with Crippen LogP contribution < -0.4 is 0 Å². The van der Waals surface area contributed by atoms with Gasteiger partial charge in [0.15, 0.2) is 11.4 Å². The number of hydrogen-bond acceptors (Lipinski definition) is 2. The van der Waals surface area contributed by atoms with Crippen LogP contribution in [0.4, 0.5) is 26.3 Å². The first kappa shape index (κ1) is 12.6. The minimum Gasteiger partial charge on any atom is -0.239 e. The highest BCUT2D eigenvalue weighted by Crippen LogP contribution is 2.38. The van der Waals surface area contributed by atoms with Crippen LogP contribution in [0.1, 0.15) is 11.4 Å². The van der Waals surface area contributed by atoms with E-state index in [1.54, 1.807) is 0 Å². The van der Waals surface area contributed by atoms with Crippen LogP contribution in [-0.2, 0) is 12.4 Å². The highest BCUT2D eigenvalue weighted by Gasteiger charge is 2.46. The first-order valence-corrected chi connectivity index (χ1v) is 4.61. The van der Waals surface area contributed by atoms with Crippen molar-refractivity contribution in [3.05, 3.63) is 35.7 Å². The smallest absolute Gasteiger partial charge is 0.239 e. The zero-order valence-corrected chi connectivity index (χ0v) is 8.47. The number of alkyl halides is 6. The Morgan fingerprint density at radius 2 is 1.00 bits per heavy atom. The molecule has 0 N–H and O–H groups in total. The summed E-state index contributed by atoms with van der Waals surface area (Å²) in [5.41, 5.74) is -4.52. The molecule has 0 aliphatic heterocycles. The van der Waals surface area contributed by atoms with Gasteiger partial charge in [0.25, 0.3) is 0 Å². The highest BCUT2D eigenvalue weighted by molar-refractivity contribution is 5.74. The van der Waals surface area contributed by atoms with Crippen LogP contribution in [-0.4, -0.2) is 9.97 Å². The number of fused-ring (bicyclic) bond motifs is 1. The van der Waals surface area contributed by atoms with Gasteiger partial charge in [-0.25, -0.2) is 9.97 Å². The molecule has 0 amide bonds. The Morgan fingerprint density at radius 1 is 0.667 bits per heavy atom. The third-order valence-electron chi connectivity index (χ3n) is 2.11. The van der Waals surface area contributed by atoms with Crippen LogP contribution >= 0.6 is 0 Å². The van der Waals surface area contributed by atoms with Gasteiger partial charge in [0.2, 0.25) is 0 Å². The molecule has 0 radical (unpaired) electrons. The number of para-hydroxylation sites is 2. The maximum atomic E-state index is 12.5. The van der Waals surface area contributed by atoms with Crippen molar-refractivity contribution in [3.8, 4) is 0 Å². The third-order valence-corrected chi connectivity index (χ3v) is 2.11. The quantitative estimate of drug-likeness (QED) is 0.680. The summed E-state index contributed by atoms with van der Waals surface area (Å²) in [6.07, 6.45) is -10.4. The fraction of sp³-hybridized carbons (Fsp3) is 0.200. The van der Waals surface area contributed by atoms with Crippen molar-refractivity contribution in [1.29, 1.82) is 0 Å². The highest BCUT2D eigenvalue weighted by atomic mass is 19.4. The standard InChI is InChI=1S/C10H4F6N2/c11-9(12,13)7-8(10(14,15)16)18-6-4-2-1-3-5(6)17-7/h1-4H. The lowest BCUT2D eigenvalue weighted by atomic mass is 10.2. The molecule has 0 fully saturated rings. The molecule has 0 saturated carbocycles. The average molecular weight is 266 g/mol. The Morgan fingerprint density at radius 3 is 1.28 bits per heavy atom. The Kier molecular flexibility index (Phi) is 2.67. The Bertz CT molecular complexity index is 534. The Hall–Kier alpha value is -1.86. The maximum absolute atomic E-state index is 12.5. The average Bonchev–Trinajstić information content (AvgIpc) is 2.25. The van der Waals surface area contributed by atoms with Gasteiger partial charge in [-0.1, -0.05) is 12.1 Å². The number of halogens is 6. The molecule has 0 aliphatic carbocycles. The van der Waals surface area contributed by atoms with Gasteiger partial charge in [-0.15, -0.1) is 0 Å². The molecule has 1 aromatic heterocycles. The zero-order valence-electron chi connectivity index (χ0n) is 8.47. The van der Waals surface area contributed by atoms with Crippen LogP contribution in [0.15, 0.2) is 24.3 Å². The van der Waals surface area contributed by atoms with Gasteiger partial charge in [0.1, 0.15) is 0 Å². The van der Waals surface area contributed by atoms with E-state index < -0.39 is 23.7 Å². The second-order valence-electron chi connectivity index (χ2n) is 3.41. The molecule has 96 valence electrons.